The molecule has 0 aliphatic rings. The Balaban J connectivity index is 2.14. The van der Waals surface area contributed by atoms with Crippen LogP contribution in [0.15, 0.2) is 24.3 Å². The first-order valence-corrected chi connectivity index (χ1v) is 5.59. The van der Waals surface area contributed by atoms with Crippen LogP contribution in [0.4, 0.5) is 5.82 Å². The molecule has 0 saturated heterocycles. The number of methoxy groups -OCH3 is 1. The van der Waals surface area contributed by atoms with Crippen LogP contribution in [-0.2, 0) is 0 Å². The average Bonchev–Trinajstić information content (AvgIpc) is 2.71. The Bertz CT molecular complexity index is 558. The van der Waals surface area contributed by atoms with Crippen molar-refractivity contribution in [1.29, 1.82) is 0 Å². The van der Waals surface area contributed by atoms with Gasteiger partial charge in [-0.2, -0.15) is 5.10 Å². The Labute approximate surface area is 105 Å². The van der Waals surface area contributed by atoms with Crippen molar-refractivity contribution in [2.24, 2.45) is 0 Å². The van der Waals surface area contributed by atoms with E-state index in [2.05, 4.69) is 15.5 Å². The number of H-pyrrole nitrogens is 1. The largest absolute Gasteiger partial charge is 0.497 e. The average molecular weight is 245 g/mol. The number of benzene rings is 1. The molecular weight excluding hydrogens is 230 g/mol. The molecule has 94 valence electrons. The standard InChI is InChI=1S/C13H15N3O2/c1-8-9(2)15-16-12(8)14-13(17)10-4-6-11(18-3)7-5-10/h4-7H,1-3H3,(H2,14,15,16,17). The summed E-state index contributed by atoms with van der Waals surface area (Å²) in [5.74, 6) is 1.10. The van der Waals surface area contributed by atoms with Crippen molar-refractivity contribution in [1.82, 2.24) is 10.2 Å². The molecule has 1 amide bonds. The quantitative estimate of drug-likeness (QED) is 0.871. The lowest BCUT2D eigenvalue weighted by atomic mass is 10.2. The summed E-state index contributed by atoms with van der Waals surface area (Å²) in [6, 6.07) is 6.92. The Morgan fingerprint density at radius 3 is 2.44 bits per heavy atom. The summed E-state index contributed by atoms with van der Waals surface area (Å²) in [4.78, 5) is 12.0. The first kappa shape index (κ1) is 12.2. The maximum atomic E-state index is 12.0. The Hall–Kier alpha value is -2.30. The number of ether oxygens (including phenoxy) is 1. The topological polar surface area (TPSA) is 67.0 Å². The summed E-state index contributed by atoms with van der Waals surface area (Å²) in [5, 5.41) is 9.62. The van der Waals surface area contributed by atoms with Gasteiger partial charge in [0.2, 0.25) is 0 Å². The number of amides is 1. The van der Waals surface area contributed by atoms with Crippen LogP contribution < -0.4 is 10.1 Å². The first-order valence-electron chi connectivity index (χ1n) is 5.59. The summed E-state index contributed by atoms with van der Waals surface area (Å²) >= 11 is 0. The van der Waals surface area contributed by atoms with E-state index in [-0.39, 0.29) is 5.91 Å². The van der Waals surface area contributed by atoms with E-state index < -0.39 is 0 Å². The van der Waals surface area contributed by atoms with Gasteiger partial charge in [-0.3, -0.25) is 9.89 Å². The molecule has 1 heterocycles. The summed E-state index contributed by atoms with van der Waals surface area (Å²) in [5.41, 5.74) is 2.45. The minimum atomic E-state index is -0.188. The zero-order valence-electron chi connectivity index (χ0n) is 10.6. The van der Waals surface area contributed by atoms with Crippen LogP contribution in [0.1, 0.15) is 21.6 Å². The Morgan fingerprint density at radius 1 is 1.28 bits per heavy atom. The van der Waals surface area contributed by atoms with Crippen LogP contribution in [-0.4, -0.2) is 23.2 Å². The van der Waals surface area contributed by atoms with Gasteiger partial charge in [0, 0.05) is 16.8 Å². The summed E-state index contributed by atoms with van der Waals surface area (Å²) in [7, 11) is 1.59. The smallest absolute Gasteiger partial charge is 0.256 e. The SMILES string of the molecule is COc1ccc(C(=O)Nc2n[nH]c(C)c2C)cc1. The number of carbonyl (C=O) groups is 1. The number of aryl methyl sites for hydroxylation is 1. The highest BCUT2D eigenvalue weighted by molar-refractivity contribution is 6.04. The molecule has 5 nitrogen and oxygen atoms in total. The molecule has 2 rings (SSSR count). The second kappa shape index (κ2) is 4.91. The van der Waals surface area contributed by atoms with Crippen LogP contribution in [0, 0.1) is 13.8 Å². The molecule has 1 aromatic heterocycles. The molecule has 0 saturated carbocycles. The third kappa shape index (κ3) is 2.34. The van der Waals surface area contributed by atoms with Crippen LogP contribution in [0.3, 0.4) is 0 Å². The Kier molecular flexibility index (Phi) is 3.32. The zero-order chi connectivity index (χ0) is 13.1. The highest BCUT2D eigenvalue weighted by Crippen LogP contribution is 2.16. The first-order chi connectivity index (χ1) is 8.61. The highest BCUT2D eigenvalue weighted by atomic mass is 16.5. The van der Waals surface area contributed by atoms with Crippen molar-refractivity contribution in [2.45, 2.75) is 13.8 Å². The predicted molar refractivity (Wildman–Crippen MR) is 69.0 cm³/mol. The minimum Gasteiger partial charge on any atom is -0.497 e. The fourth-order valence-electron chi connectivity index (χ4n) is 1.53. The van der Waals surface area contributed by atoms with Gasteiger partial charge in [0.15, 0.2) is 5.82 Å². The number of hydrogen-bond acceptors (Lipinski definition) is 3. The molecule has 0 fully saturated rings. The fourth-order valence-corrected chi connectivity index (χ4v) is 1.53. The number of hydrogen-bond donors (Lipinski definition) is 2. The Morgan fingerprint density at radius 2 is 1.94 bits per heavy atom. The van der Waals surface area contributed by atoms with Gasteiger partial charge in [-0.05, 0) is 38.1 Å². The third-order valence-corrected chi connectivity index (χ3v) is 2.84. The lowest BCUT2D eigenvalue weighted by Gasteiger charge is -2.04. The van der Waals surface area contributed by atoms with E-state index in [1.165, 1.54) is 0 Å². The van der Waals surface area contributed by atoms with Crippen molar-refractivity contribution >= 4 is 11.7 Å². The molecule has 0 radical (unpaired) electrons. The molecule has 5 heteroatoms. The summed E-state index contributed by atoms with van der Waals surface area (Å²) in [6.45, 7) is 3.81. The van der Waals surface area contributed by atoms with Crippen LogP contribution in [0.25, 0.3) is 0 Å². The van der Waals surface area contributed by atoms with Gasteiger partial charge in [-0.15, -0.1) is 0 Å². The van der Waals surface area contributed by atoms with Crippen molar-refractivity contribution in [3.63, 3.8) is 0 Å². The van der Waals surface area contributed by atoms with Gasteiger partial charge in [0.25, 0.3) is 5.91 Å². The molecule has 0 aliphatic heterocycles. The number of carbonyl (C=O) groups excluding carboxylic acids is 1. The molecule has 0 unspecified atom stereocenters. The number of anilines is 1. The van der Waals surface area contributed by atoms with Gasteiger partial charge < -0.3 is 10.1 Å². The van der Waals surface area contributed by atoms with Gasteiger partial charge >= 0.3 is 0 Å². The summed E-state index contributed by atoms with van der Waals surface area (Å²) in [6.07, 6.45) is 0. The van der Waals surface area contributed by atoms with E-state index >= 15 is 0 Å². The maximum absolute atomic E-state index is 12.0. The molecule has 0 spiro atoms. The predicted octanol–water partition coefficient (Wildman–Crippen LogP) is 2.29. The van der Waals surface area contributed by atoms with Gasteiger partial charge in [0.05, 0.1) is 7.11 Å². The number of aromatic nitrogens is 2. The maximum Gasteiger partial charge on any atom is 0.256 e. The summed E-state index contributed by atoms with van der Waals surface area (Å²) < 4.78 is 5.04. The molecule has 0 atom stereocenters. The van der Waals surface area contributed by atoms with E-state index in [4.69, 9.17) is 4.74 Å². The van der Waals surface area contributed by atoms with Crippen LogP contribution >= 0.6 is 0 Å². The van der Waals surface area contributed by atoms with Gasteiger partial charge in [-0.25, -0.2) is 0 Å². The van der Waals surface area contributed by atoms with E-state index in [1.54, 1.807) is 31.4 Å². The molecule has 18 heavy (non-hydrogen) atoms. The van der Waals surface area contributed by atoms with Crippen molar-refractivity contribution in [3.8, 4) is 5.75 Å². The lowest BCUT2D eigenvalue weighted by molar-refractivity contribution is 0.102. The fraction of sp³-hybridized carbons (Fsp3) is 0.231. The van der Waals surface area contributed by atoms with Gasteiger partial charge in [-0.1, -0.05) is 0 Å². The van der Waals surface area contributed by atoms with Gasteiger partial charge in [0.1, 0.15) is 5.75 Å². The number of aromatic amines is 1. The van der Waals surface area contributed by atoms with Crippen molar-refractivity contribution < 1.29 is 9.53 Å². The molecular formula is C13H15N3O2. The normalized spacial score (nSPS) is 10.2. The van der Waals surface area contributed by atoms with Crippen LogP contribution in [0.5, 0.6) is 5.75 Å². The van der Waals surface area contributed by atoms with E-state index in [0.29, 0.717) is 11.4 Å². The van der Waals surface area contributed by atoms with Crippen molar-refractivity contribution in [3.05, 3.63) is 41.1 Å². The zero-order valence-corrected chi connectivity index (χ0v) is 10.6. The van der Waals surface area contributed by atoms with Crippen molar-refractivity contribution in [2.75, 3.05) is 12.4 Å². The second-order valence-corrected chi connectivity index (χ2v) is 4.00. The van der Waals surface area contributed by atoms with Crippen LogP contribution in [0.2, 0.25) is 0 Å². The third-order valence-electron chi connectivity index (χ3n) is 2.84. The number of nitrogens with zero attached hydrogens (tertiary/aromatic N) is 1. The van der Waals surface area contributed by atoms with E-state index in [9.17, 15) is 4.79 Å². The van der Waals surface area contributed by atoms with E-state index in [1.807, 2.05) is 13.8 Å². The monoisotopic (exact) mass is 245 g/mol. The molecule has 2 aromatic rings. The molecule has 2 N–H and O–H groups in total. The molecule has 1 aromatic carbocycles. The number of rotatable bonds is 3. The second-order valence-electron chi connectivity index (χ2n) is 4.00. The number of nitrogens with one attached hydrogen (secondary N) is 2. The minimum absolute atomic E-state index is 0.188. The van der Waals surface area contributed by atoms with E-state index in [0.717, 1.165) is 17.0 Å². The lowest BCUT2D eigenvalue weighted by Crippen LogP contribution is -2.12. The molecule has 0 aliphatic carbocycles. The molecule has 0 bridgehead atoms. The highest BCUT2D eigenvalue weighted by Gasteiger charge is 2.11.